The largest absolute Gasteiger partial charge is 0.396 e. The lowest BCUT2D eigenvalue weighted by atomic mass is 10.0. The minimum absolute atomic E-state index is 0.218. The molecule has 0 bridgehead atoms. The van der Waals surface area contributed by atoms with Crippen molar-refractivity contribution in [2.45, 2.75) is 45.6 Å². The molecule has 0 saturated carbocycles. The molecule has 0 aliphatic heterocycles. The van der Waals surface area contributed by atoms with Crippen LogP contribution in [0.1, 0.15) is 39.5 Å². The van der Waals surface area contributed by atoms with Crippen LogP contribution in [-0.4, -0.2) is 36.0 Å². The smallest absolute Gasteiger partial charge is 0.0524 e. The second kappa shape index (κ2) is 9.44. The molecular weight excluding hydrogens is 178 g/mol. The van der Waals surface area contributed by atoms with Crippen molar-refractivity contribution < 1.29 is 10.2 Å². The van der Waals surface area contributed by atoms with E-state index in [2.05, 4.69) is 12.2 Å². The number of aliphatic hydroxyl groups excluding tert-OH is 2. The summed E-state index contributed by atoms with van der Waals surface area (Å²) in [4.78, 5) is 0. The number of hydrogen-bond acceptors (Lipinski definition) is 3. The molecule has 3 heteroatoms. The van der Waals surface area contributed by atoms with Crippen LogP contribution >= 0.6 is 0 Å². The van der Waals surface area contributed by atoms with Gasteiger partial charge in [0.2, 0.25) is 0 Å². The first-order chi connectivity index (χ1) is 6.70. The van der Waals surface area contributed by atoms with E-state index in [1.807, 2.05) is 0 Å². The molecule has 0 spiro atoms. The fourth-order valence-electron chi connectivity index (χ4n) is 1.56. The second-order valence-electron chi connectivity index (χ2n) is 4.01. The summed E-state index contributed by atoms with van der Waals surface area (Å²) in [5.74, 6) is 0.582. The quantitative estimate of drug-likeness (QED) is 0.493. The van der Waals surface area contributed by atoms with Gasteiger partial charge in [-0.1, -0.05) is 13.3 Å². The summed E-state index contributed by atoms with van der Waals surface area (Å²) in [7, 11) is 0. The molecule has 0 heterocycles. The molecule has 3 N–H and O–H groups in total. The highest BCUT2D eigenvalue weighted by Crippen LogP contribution is 2.09. The van der Waals surface area contributed by atoms with E-state index in [-0.39, 0.29) is 12.7 Å². The average molecular weight is 203 g/mol. The summed E-state index contributed by atoms with van der Waals surface area (Å²) < 4.78 is 0. The molecular formula is C11H25NO2. The Hall–Kier alpha value is -0.120. The van der Waals surface area contributed by atoms with E-state index in [0.717, 1.165) is 25.9 Å². The third-order valence-corrected chi connectivity index (χ3v) is 2.41. The Balaban J connectivity index is 3.40. The van der Waals surface area contributed by atoms with Gasteiger partial charge in [0.15, 0.2) is 0 Å². The zero-order valence-corrected chi connectivity index (χ0v) is 9.50. The van der Waals surface area contributed by atoms with Crippen molar-refractivity contribution in [1.29, 1.82) is 0 Å². The van der Waals surface area contributed by atoms with Gasteiger partial charge in [-0.15, -0.1) is 0 Å². The topological polar surface area (TPSA) is 52.5 Å². The Bertz CT molecular complexity index is 112. The summed E-state index contributed by atoms with van der Waals surface area (Å²) in [6.45, 7) is 6.08. The maximum absolute atomic E-state index is 9.04. The van der Waals surface area contributed by atoms with Gasteiger partial charge in [-0.2, -0.15) is 0 Å². The van der Waals surface area contributed by atoms with Crippen molar-refractivity contribution in [3.05, 3.63) is 0 Å². The van der Waals surface area contributed by atoms with E-state index in [1.165, 1.54) is 12.8 Å². The fraction of sp³-hybridized carbons (Fsp3) is 1.00. The van der Waals surface area contributed by atoms with Crippen LogP contribution in [0.3, 0.4) is 0 Å². The van der Waals surface area contributed by atoms with Crippen LogP contribution in [0, 0.1) is 5.92 Å². The van der Waals surface area contributed by atoms with Crippen LogP contribution in [0.4, 0.5) is 0 Å². The third-order valence-electron chi connectivity index (χ3n) is 2.41. The molecule has 0 aromatic heterocycles. The van der Waals surface area contributed by atoms with E-state index in [4.69, 9.17) is 10.2 Å². The number of aliphatic hydroxyl groups is 2. The third kappa shape index (κ3) is 8.48. The lowest BCUT2D eigenvalue weighted by Gasteiger charge is -2.15. The van der Waals surface area contributed by atoms with Gasteiger partial charge in [-0.3, -0.25) is 0 Å². The maximum atomic E-state index is 9.04. The molecule has 0 rings (SSSR count). The van der Waals surface area contributed by atoms with Crippen LogP contribution in [0.25, 0.3) is 0 Å². The van der Waals surface area contributed by atoms with E-state index in [9.17, 15) is 0 Å². The molecule has 0 amide bonds. The molecule has 0 aromatic carbocycles. The Kier molecular flexibility index (Phi) is 9.35. The molecule has 2 atom stereocenters. The molecule has 3 nitrogen and oxygen atoms in total. The van der Waals surface area contributed by atoms with E-state index >= 15 is 0 Å². The van der Waals surface area contributed by atoms with Gasteiger partial charge in [0.05, 0.1) is 6.10 Å². The first-order valence-electron chi connectivity index (χ1n) is 5.70. The maximum Gasteiger partial charge on any atom is 0.0524 e. The van der Waals surface area contributed by atoms with Crippen LogP contribution in [-0.2, 0) is 0 Å². The van der Waals surface area contributed by atoms with Gasteiger partial charge in [-0.25, -0.2) is 0 Å². The SMILES string of the molecule is CCCC(CCO)CNCCC(C)O. The van der Waals surface area contributed by atoms with Gasteiger partial charge < -0.3 is 15.5 Å². The molecule has 0 aliphatic rings. The number of hydrogen-bond donors (Lipinski definition) is 3. The highest BCUT2D eigenvalue weighted by molar-refractivity contribution is 4.62. The highest BCUT2D eigenvalue weighted by atomic mass is 16.3. The molecule has 86 valence electrons. The van der Waals surface area contributed by atoms with Crippen LogP contribution in [0.5, 0.6) is 0 Å². The monoisotopic (exact) mass is 203 g/mol. The van der Waals surface area contributed by atoms with Crippen molar-refractivity contribution in [2.75, 3.05) is 19.7 Å². The minimum atomic E-state index is -0.218. The molecule has 2 unspecified atom stereocenters. The first kappa shape index (κ1) is 13.9. The minimum Gasteiger partial charge on any atom is -0.396 e. The van der Waals surface area contributed by atoms with Crippen molar-refractivity contribution in [1.82, 2.24) is 5.32 Å². The van der Waals surface area contributed by atoms with Crippen molar-refractivity contribution in [3.8, 4) is 0 Å². The zero-order valence-electron chi connectivity index (χ0n) is 9.50. The van der Waals surface area contributed by atoms with Gasteiger partial charge in [0, 0.05) is 6.61 Å². The summed E-state index contributed by atoms with van der Waals surface area (Å²) in [5, 5.41) is 21.2. The van der Waals surface area contributed by atoms with Gasteiger partial charge in [0.25, 0.3) is 0 Å². The highest BCUT2D eigenvalue weighted by Gasteiger charge is 2.06. The summed E-state index contributed by atoms with van der Waals surface area (Å²) in [6.07, 6.45) is 3.81. The lowest BCUT2D eigenvalue weighted by molar-refractivity contribution is 0.182. The molecule has 14 heavy (non-hydrogen) atoms. The van der Waals surface area contributed by atoms with E-state index in [1.54, 1.807) is 6.92 Å². The normalized spacial score (nSPS) is 15.4. The van der Waals surface area contributed by atoms with Gasteiger partial charge in [0.1, 0.15) is 0 Å². The van der Waals surface area contributed by atoms with Crippen molar-refractivity contribution >= 4 is 0 Å². The van der Waals surface area contributed by atoms with Crippen LogP contribution in [0.15, 0.2) is 0 Å². The fourth-order valence-corrected chi connectivity index (χ4v) is 1.56. The summed E-state index contributed by atoms with van der Waals surface area (Å²) >= 11 is 0. The Morgan fingerprint density at radius 1 is 1.21 bits per heavy atom. The average Bonchev–Trinajstić information content (AvgIpc) is 2.12. The van der Waals surface area contributed by atoms with Crippen molar-refractivity contribution in [3.63, 3.8) is 0 Å². The first-order valence-corrected chi connectivity index (χ1v) is 5.70. The summed E-state index contributed by atoms with van der Waals surface area (Å²) in [6, 6.07) is 0. The second-order valence-corrected chi connectivity index (χ2v) is 4.01. The summed E-state index contributed by atoms with van der Waals surface area (Å²) in [5.41, 5.74) is 0. The molecule has 0 saturated heterocycles. The number of nitrogens with one attached hydrogen (secondary N) is 1. The van der Waals surface area contributed by atoms with E-state index in [0.29, 0.717) is 5.92 Å². The Morgan fingerprint density at radius 2 is 1.93 bits per heavy atom. The van der Waals surface area contributed by atoms with Crippen LogP contribution in [0.2, 0.25) is 0 Å². The number of rotatable bonds is 9. The van der Waals surface area contributed by atoms with Gasteiger partial charge >= 0.3 is 0 Å². The van der Waals surface area contributed by atoms with Crippen LogP contribution < -0.4 is 5.32 Å². The predicted molar refractivity (Wildman–Crippen MR) is 59.3 cm³/mol. The Labute approximate surface area is 87.5 Å². The lowest BCUT2D eigenvalue weighted by Crippen LogP contribution is -2.26. The van der Waals surface area contributed by atoms with E-state index < -0.39 is 0 Å². The van der Waals surface area contributed by atoms with Gasteiger partial charge in [-0.05, 0) is 45.2 Å². The van der Waals surface area contributed by atoms with Crippen molar-refractivity contribution in [2.24, 2.45) is 5.92 Å². The zero-order chi connectivity index (χ0) is 10.8. The Morgan fingerprint density at radius 3 is 2.43 bits per heavy atom. The molecule has 0 fully saturated rings. The standard InChI is InChI=1S/C11H25NO2/c1-3-4-11(6-8-13)9-12-7-5-10(2)14/h10-14H,3-9H2,1-2H3. The molecule has 0 aromatic rings. The molecule has 0 aliphatic carbocycles. The molecule has 0 radical (unpaired) electrons. The predicted octanol–water partition coefficient (Wildman–Crippen LogP) is 1.15.